The highest BCUT2D eigenvalue weighted by molar-refractivity contribution is 5.93. The van der Waals surface area contributed by atoms with Gasteiger partial charge >= 0.3 is 6.03 Å². The highest BCUT2D eigenvalue weighted by Crippen LogP contribution is 2.29. The van der Waals surface area contributed by atoms with Crippen LogP contribution in [0.4, 0.5) is 10.7 Å². The van der Waals surface area contributed by atoms with Crippen molar-refractivity contribution in [2.75, 3.05) is 37.6 Å². The molecule has 1 aromatic carbocycles. The lowest BCUT2D eigenvalue weighted by molar-refractivity contribution is 0.239. The van der Waals surface area contributed by atoms with Crippen LogP contribution >= 0.6 is 0 Å². The number of amides is 1. The average molecular weight is 355 g/mol. The Kier molecular flexibility index (Phi) is 4.85. The molecule has 1 N–H and O–H groups in total. The minimum Gasteiger partial charge on any atom is -0.339 e. The van der Waals surface area contributed by atoms with Gasteiger partial charge in [-0.25, -0.2) is 14.3 Å². The maximum atomic E-state index is 12.9. The van der Waals surface area contributed by atoms with E-state index < -0.39 is 0 Å². The summed E-state index contributed by atoms with van der Waals surface area (Å²) in [4.78, 5) is 22.6. The molecule has 26 heavy (non-hydrogen) atoms. The van der Waals surface area contributed by atoms with E-state index in [2.05, 4.69) is 29.0 Å². The van der Waals surface area contributed by atoms with Crippen molar-refractivity contribution in [3.8, 4) is 0 Å². The van der Waals surface area contributed by atoms with Crippen LogP contribution in [0.15, 0.2) is 24.3 Å². The van der Waals surface area contributed by atoms with E-state index in [-0.39, 0.29) is 6.03 Å². The molecule has 140 valence electrons. The third-order valence-electron chi connectivity index (χ3n) is 5.40. The van der Waals surface area contributed by atoms with Crippen molar-refractivity contribution in [1.29, 1.82) is 0 Å². The SMILES string of the molecule is CC(C)CCNC(=O)n1c(N2CCN(C3CC3)CC2)nc2ccccc21. The van der Waals surface area contributed by atoms with E-state index in [4.69, 9.17) is 4.98 Å². The summed E-state index contributed by atoms with van der Waals surface area (Å²) in [7, 11) is 0. The van der Waals surface area contributed by atoms with Crippen LogP contribution in [0.2, 0.25) is 0 Å². The summed E-state index contributed by atoms with van der Waals surface area (Å²) in [5.74, 6) is 1.36. The maximum absolute atomic E-state index is 12.9. The number of hydrogen-bond donors (Lipinski definition) is 1. The van der Waals surface area contributed by atoms with Crippen LogP contribution in [-0.4, -0.2) is 59.2 Å². The highest BCUT2D eigenvalue weighted by atomic mass is 16.2. The monoisotopic (exact) mass is 355 g/mol. The summed E-state index contributed by atoms with van der Waals surface area (Å²) in [6.45, 7) is 9.01. The van der Waals surface area contributed by atoms with E-state index in [1.54, 1.807) is 4.57 Å². The van der Waals surface area contributed by atoms with Crippen molar-refractivity contribution in [2.24, 2.45) is 5.92 Å². The number of nitrogens with one attached hydrogen (secondary N) is 1. The number of para-hydroxylation sites is 2. The highest BCUT2D eigenvalue weighted by Gasteiger charge is 2.32. The fourth-order valence-corrected chi connectivity index (χ4v) is 3.70. The number of rotatable bonds is 5. The molecule has 2 aromatic rings. The summed E-state index contributed by atoms with van der Waals surface area (Å²) in [5.41, 5.74) is 1.76. The van der Waals surface area contributed by atoms with Crippen molar-refractivity contribution < 1.29 is 4.79 Å². The van der Waals surface area contributed by atoms with Gasteiger partial charge in [-0.3, -0.25) is 4.90 Å². The predicted octanol–water partition coefficient (Wildman–Crippen LogP) is 2.92. The van der Waals surface area contributed by atoms with Gasteiger partial charge in [0.1, 0.15) is 0 Å². The molecule has 0 unspecified atom stereocenters. The molecule has 1 saturated carbocycles. The smallest absolute Gasteiger partial charge is 0.328 e. The molecule has 1 aliphatic carbocycles. The van der Waals surface area contributed by atoms with Gasteiger partial charge < -0.3 is 10.2 Å². The Bertz CT molecular complexity index is 772. The Labute approximate surface area is 155 Å². The summed E-state index contributed by atoms with van der Waals surface area (Å²) >= 11 is 0. The first-order chi connectivity index (χ1) is 12.6. The van der Waals surface area contributed by atoms with Crippen molar-refractivity contribution in [3.63, 3.8) is 0 Å². The minimum absolute atomic E-state index is 0.0704. The molecule has 2 aliphatic rings. The fourth-order valence-electron chi connectivity index (χ4n) is 3.70. The summed E-state index contributed by atoms with van der Waals surface area (Å²) in [5, 5.41) is 3.07. The number of fused-ring (bicyclic) bond motifs is 1. The van der Waals surface area contributed by atoms with Gasteiger partial charge in [-0.05, 0) is 37.3 Å². The summed E-state index contributed by atoms with van der Waals surface area (Å²) < 4.78 is 1.77. The van der Waals surface area contributed by atoms with Crippen LogP contribution in [0.1, 0.15) is 33.1 Å². The molecule has 6 heteroatoms. The molecule has 1 saturated heterocycles. The van der Waals surface area contributed by atoms with Gasteiger partial charge in [0, 0.05) is 38.8 Å². The number of anilines is 1. The van der Waals surface area contributed by atoms with Gasteiger partial charge in [-0.1, -0.05) is 26.0 Å². The van der Waals surface area contributed by atoms with Gasteiger partial charge in [0.2, 0.25) is 5.95 Å². The molecule has 0 radical (unpaired) electrons. The Morgan fingerprint density at radius 1 is 1.19 bits per heavy atom. The fraction of sp³-hybridized carbons (Fsp3) is 0.600. The third kappa shape index (κ3) is 3.56. The first-order valence-electron chi connectivity index (χ1n) is 9.88. The second-order valence-electron chi connectivity index (χ2n) is 7.90. The van der Waals surface area contributed by atoms with Gasteiger partial charge in [0.15, 0.2) is 0 Å². The second kappa shape index (κ2) is 7.27. The average Bonchev–Trinajstić information content (AvgIpc) is 3.41. The number of hydrogen-bond acceptors (Lipinski definition) is 4. The van der Waals surface area contributed by atoms with E-state index >= 15 is 0 Å². The van der Waals surface area contributed by atoms with Crippen LogP contribution in [-0.2, 0) is 0 Å². The minimum atomic E-state index is -0.0704. The lowest BCUT2D eigenvalue weighted by Crippen LogP contribution is -2.48. The molecule has 2 heterocycles. The number of benzene rings is 1. The molecule has 4 rings (SSSR count). The quantitative estimate of drug-likeness (QED) is 0.896. The maximum Gasteiger partial charge on any atom is 0.328 e. The van der Waals surface area contributed by atoms with E-state index in [1.807, 2.05) is 24.3 Å². The van der Waals surface area contributed by atoms with E-state index in [9.17, 15) is 4.79 Å². The van der Waals surface area contributed by atoms with Gasteiger partial charge in [-0.15, -0.1) is 0 Å². The van der Waals surface area contributed by atoms with Crippen molar-refractivity contribution in [3.05, 3.63) is 24.3 Å². The zero-order valence-electron chi connectivity index (χ0n) is 15.8. The molecule has 1 aromatic heterocycles. The lowest BCUT2D eigenvalue weighted by atomic mass is 10.1. The summed E-state index contributed by atoms with van der Waals surface area (Å²) in [6, 6.07) is 8.64. The van der Waals surface area contributed by atoms with Crippen molar-refractivity contribution in [1.82, 2.24) is 19.8 Å². The molecule has 0 bridgehead atoms. The van der Waals surface area contributed by atoms with Gasteiger partial charge in [-0.2, -0.15) is 0 Å². The zero-order valence-corrected chi connectivity index (χ0v) is 15.8. The largest absolute Gasteiger partial charge is 0.339 e. The first-order valence-corrected chi connectivity index (χ1v) is 9.88. The third-order valence-corrected chi connectivity index (χ3v) is 5.40. The predicted molar refractivity (Wildman–Crippen MR) is 105 cm³/mol. The second-order valence-corrected chi connectivity index (χ2v) is 7.90. The summed E-state index contributed by atoms with van der Waals surface area (Å²) in [6.07, 6.45) is 3.67. The molecule has 0 atom stereocenters. The number of carbonyl (C=O) groups is 1. The first kappa shape index (κ1) is 17.3. The van der Waals surface area contributed by atoms with Crippen molar-refractivity contribution in [2.45, 2.75) is 39.2 Å². The Balaban J connectivity index is 1.56. The van der Waals surface area contributed by atoms with Crippen LogP contribution in [0, 0.1) is 5.92 Å². The van der Waals surface area contributed by atoms with Crippen LogP contribution in [0.25, 0.3) is 11.0 Å². The topological polar surface area (TPSA) is 53.4 Å². The molecule has 0 spiro atoms. The molecule has 2 fully saturated rings. The number of nitrogens with zero attached hydrogens (tertiary/aromatic N) is 4. The van der Waals surface area contributed by atoms with E-state index in [1.165, 1.54) is 12.8 Å². The lowest BCUT2D eigenvalue weighted by Gasteiger charge is -2.35. The molecule has 1 amide bonds. The zero-order chi connectivity index (χ0) is 18.1. The molecule has 1 aliphatic heterocycles. The molecule has 6 nitrogen and oxygen atoms in total. The normalized spacial score (nSPS) is 18.7. The van der Waals surface area contributed by atoms with Crippen LogP contribution in [0.5, 0.6) is 0 Å². The molecular weight excluding hydrogens is 326 g/mol. The number of carbonyl (C=O) groups excluding carboxylic acids is 1. The van der Waals surface area contributed by atoms with Crippen LogP contribution in [0.3, 0.4) is 0 Å². The Hall–Kier alpha value is -2.08. The van der Waals surface area contributed by atoms with E-state index in [0.29, 0.717) is 12.5 Å². The number of aromatic nitrogens is 2. The molecular formula is C20H29N5O. The van der Waals surface area contributed by atoms with Gasteiger partial charge in [0.05, 0.1) is 11.0 Å². The Morgan fingerprint density at radius 3 is 2.62 bits per heavy atom. The standard InChI is InChI=1S/C20H29N5O/c1-15(2)9-10-21-20(26)25-18-6-4-3-5-17(18)22-19(25)24-13-11-23(12-14-24)16-7-8-16/h3-6,15-16H,7-14H2,1-2H3,(H,21,26). The number of imidazole rings is 1. The Morgan fingerprint density at radius 2 is 1.92 bits per heavy atom. The van der Waals surface area contributed by atoms with Crippen LogP contribution < -0.4 is 10.2 Å². The van der Waals surface area contributed by atoms with Crippen molar-refractivity contribution >= 4 is 23.0 Å². The number of piperazine rings is 1. The van der Waals surface area contributed by atoms with E-state index in [0.717, 1.165) is 55.6 Å². The van der Waals surface area contributed by atoms with Gasteiger partial charge in [0.25, 0.3) is 0 Å².